The van der Waals surface area contributed by atoms with Crippen LogP contribution in [-0.2, 0) is 0 Å². The zero-order valence-electron chi connectivity index (χ0n) is 11.3. The summed E-state index contributed by atoms with van der Waals surface area (Å²) in [4.78, 5) is 22.9. The van der Waals surface area contributed by atoms with E-state index in [0.29, 0.717) is 23.5 Å². The molecule has 1 aromatic heterocycles. The minimum atomic E-state index is 0.0459. The number of carbonyl (C=O) groups excluding carboxylic acids is 1. The van der Waals surface area contributed by atoms with Crippen molar-refractivity contribution in [1.82, 2.24) is 14.9 Å². The Kier molecular flexibility index (Phi) is 3.36. The van der Waals surface area contributed by atoms with Crippen molar-refractivity contribution in [2.24, 2.45) is 5.92 Å². The summed E-state index contributed by atoms with van der Waals surface area (Å²) in [5, 5.41) is 2.91. The molecular weight excluding hydrogens is 240 g/mol. The molecule has 1 N–H and O–H groups in total. The van der Waals surface area contributed by atoms with Crippen LogP contribution in [0.5, 0.6) is 0 Å². The summed E-state index contributed by atoms with van der Waals surface area (Å²) in [5.74, 6) is 1.44. The topological polar surface area (TPSA) is 58.1 Å². The van der Waals surface area contributed by atoms with Crippen molar-refractivity contribution >= 4 is 11.7 Å². The van der Waals surface area contributed by atoms with Crippen LogP contribution in [-0.4, -0.2) is 40.4 Å². The lowest BCUT2D eigenvalue weighted by Gasteiger charge is -2.31. The minimum Gasteiger partial charge on any atom is -0.372 e. The number of aromatic nitrogens is 2. The van der Waals surface area contributed by atoms with Crippen molar-refractivity contribution < 1.29 is 4.79 Å². The Hall–Kier alpha value is -1.65. The van der Waals surface area contributed by atoms with E-state index in [4.69, 9.17) is 0 Å². The first-order valence-corrected chi connectivity index (χ1v) is 7.10. The Morgan fingerprint density at radius 3 is 2.84 bits per heavy atom. The smallest absolute Gasteiger partial charge is 0.274 e. The van der Waals surface area contributed by atoms with Gasteiger partial charge in [-0.05, 0) is 25.2 Å². The van der Waals surface area contributed by atoms with Crippen LogP contribution in [0.15, 0.2) is 12.4 Å². The SMILES string of the molecule is CNc1cnc(C(=O)N2CCC3CCCCC32)cn1. The van der Waals surface area contributed by atoms with Gasteiger partial charge in [-0.15, -0.1) is 0 Å². The number of rotatable bonds is 2. The molecule has 19 heavy (non-hydrogen) atoms. The summed E-state index contributed by atoms with van der Waals surface area (Å²) in [7, 11) is 1.79. The molecule has 1 aliphatic heterocycles. The standard InChI is InChI=1S/C14H20N4O/c1-15-13-9-16-11(8-17-13)14(19)18-7-6-10-4-2-3-5-12(10)18/h8-10,12H,2-7H2,1H3,(H,15,17). The molecule has 2 fully saturated rings. The zero-order chi connectivity index (χ0) is 13.2. The van der Waals surface area contributed by atoms with Crippen molar-refractivity contribution in [3.8, 4) is 0 Å². The highest BCUT2D eigenvalue weighted by molar-refractivity contribution is 5.92. The summed E-state index contributed by atoms with van der Waals surface area (Å²) in [6.07, 6.45) is 9.33. The fourth-order valence-electron chi connectivity index (χ4n) is 3.37. The third-order valence-corrected chi connectivity index (χ3v) is 4.40. The molecule has 3 rings (SSSR count). The van der Waals surface area contributed by atoms with Crippen molar-refractivity contribution in [1.29, 1.82) is 0 Å². The summed E-state index contributed by atoms with van der Waals surface area (Å²) in [6, 6.07) is 0.437. The molecule has 5 heteroatoms. The number of fused-ring (bicyclic) bond motifs is 1. The number of anilines is 1. The molecule has 0 spiro atoms. The van der Waals surface area contributed by atoms with Crippen molar-refractivity contribution in [2.45, 2.75) is 38.1 Å². The van der Waals surface area contributed by atoms with Gasteiger partial charge < -0.3 is 10.2 Å². The predicted octanol–water partition coefficient (Wildman–Crippen LogP) is 1.92. The molecular formula is C14H20N4O. The number of hydrogen-bond donors (Lipinski definition) is 1. The quantitative estimate of drug-likeness (QED) is 0.882. The van der Waals surface area contributed by atoms with Gasteiger partial charge in [0.2, 0.25) is 0 Å². The Morgan fingerprint density at radius 2 is 2.11 bits per heavy atom. The predicted molar refractivity (Wildman–Crippen MR) is 73.0 cm³/mol. The van der Waals surface area contributed by atoms with Gasteiger partial charge in [-0.3, -0.25) is 4.79 Å². The van der Waals surface area contributed by atoms with Crippen LogP contribution in [0.25, 0.3) is 0 Å². The molecule has 0 bridgehead atoms. The van der Waals surface area contributed by atoms with Crippen molar-refractivity contribution in [3.63, 3.8) is 0 Å². The molecule has 2 unspecified atom stereocenters. The monoisotopic (exact) mass is 260 g/mol. The highest BCUT2D eigenvalue weighted by atomic mass is 16.2. The summed E-state index contributed by atoms with van der Waals surface area (Å²) in [6.45, 7) is 0.879. The van der Waals surface area contributed by atoms with Gasteiger partial charge in [0.05, 0.1) is 12.4 Å². The lowest BCUT2D eigenvalue weighted by Crippen LogP contribution is -2.39. The molecule has 0 radical (unpaired) electrons. The van der Waals surface area contributed by atoms with E-state index in [1.807, 2.05) is 4.90 Å². The molecule has 2 atom stereocenters. The molecule has 0 aromatic carbocycles. The molecule has 1 saturated heterocycles. The second kappa shape index (κ2) is 5.15. The third-order valence-electron chi connectivity index (χ3n) is 4.40. The number of hydrogen-bond acceptors (Lipinski definition) is 4. The van der Waals surface area contributed by atoms with Gasteiger partial charge in [0.1, 0.15) is 11.5 Å². The largest absolute Gasteiger partial charge is 0.372 e. The van der Waals surface area contributed by atoms with E-state index in [1.165, 1.54) is 19.3 Å². The van der Waals surface area contributed by atoms with Gasteiger partial charge in [-0.25, -0.2) is 9.97 Å². The lowest BCUT2D eigenvalue weighted by atomic mass is 9.85. The normalized spacial score (nSPS) is 26.1. The average Bonchev–Trinajstić information content (AvgIpc) is 2.90. The van der Waals surface area contributed by atoms with E-state index in [-0.39, 0.29) is 5.91 Å². The average molecular weight is 260 g/mol. The summed E-state index contributed by atoms with van der Waals surface area (Å²) < 4.78 is 0. The Balaban J connectivity index is 1.75. The third kappa shape index (κ3) is 2.29. The van der Waals surface area contributed by atoms with Gasteiger partial charge in [0.15, 0.2) is 0 Å². The zero-order valence-corrected chi connectivity index (χ0v) is 11.3. The summed E-state index contributed by atoms with van der Waals surface area (Å²) >= 11 is 0. The van der Waals surface area contributed by atoms with Crippen LogP contribution in [0, 0.1) is 5.92 Å². The molecule has 5 nitrogen and oxygen atoms in total. The van der Waals surface area contributed by atoms with E-state index >= 15 is 0 Å². The summed E-state index contributed by atoms with van der Waals surface area (Å²) in [5.41, 5.74) is 0.463. The fraction of sp³-hybridized carbons (Fsp3) is 0.643. The van der Waals surface area contributed by atoms with Gasteiger partial charge >= 0.3 is 0 Å². The maximum Gasteiger partial charge on any atom is 0.274 e. The second-order valence-electron chi connectivity index (χ2n) is 5.44. The molecule has 1 amide bonds. The van der Waals surface area contributed by atoms with E-state index in [9.17, 15) is 4.79 Å². The van der Waals surface area contributed by atoms with Crippen LogP contribution < -0.4 is 5.32 Å². The van der Waals surface area contributed by atoms with E-state index in [1.54, 1.807) is 19.4 Å². The lowest BCUT2D eigenvalue weighted by molar-refractivity contribution is 0.0683. The molecule has 2 heterocycles. The van der Waals surface area contributed by atoms with Gasteiger partial charge in [-0.2, -0.15) is 0 Å². The number of nitrogens with zero attached hydrogens (tertiary/aromatic N) is 3. The molecule has 1 saturated carbocycles. The first-order valence-electron chi connectivity index (χ1n) is 7.10. The maximum atomic E-state index is 12.5. The van der Waals surface area contributed by atoms with Crippen LogP contribution in [0.2, 0.25) is 0 Å². The number of nitrogens with one attached hydrogen (secondary N) is 1. The first kappa shape index (κ1) is 12.4. The van der Waals surface area contributed by atoms with E-state index in [2.05, 4.69) is 15.3 Å². The number of carbonyl (C=O) groups is 1. The van der Waals surface area contributed by atoms with Crippen molar-refractivity contribution in [2.75, 3.05) is 18.9 Å². The highest BCUT2D eigenvalue weighted by Gasteiger charge is 2.38. The number of amides is 1. The molecule has 1 aromatic rings. The van der Waals surface area contributed by atoms with Crippen LogP contribution in [0.1, 0.15) is 42.6 Å². The number of likely N-dealkylation sites (tertiary alicyclic amines) is 1. The maximum absolute atomic E-state index is 12.5. The molecule has 1 aliphatic carbocycles. The molecule has 102 valence electrons. The fourth-order valence-corrected chi connectivity index (χ4v) is 3.37. The highest BCUT2D eigenvalue weighted by Crippen LogP contribution is 2.36. The Labute approximate surface area is 113 Å². The Bertz CT molecular complexity index is 459. The van der Waals surface area contributed by atoms with Gasteiger partial charge in [0, 0.05) is 19.6 Å². The van der Waals surface area contributed by atoms with E-state index in [0.717, 1.165) is 19.4 Å². The first-order chi connectivity index (χ1) is 9.29. The Morgan fingerprint density at radius 1 is 1.26 bits per heavy atom. The minimum absolute atomic E-state index is 0.0459. The van der Waals surface area contributed by atoms with Gasteiger partial charge in [0.25, 0.3) is 5.91 Å². The molecule has 2 aliphatic rings. The van der Waals surface area contributed by atoms with Crippen molar-refractivity contribution in [3.05, 3.63) is 18.1 Å². The van der Waals surface area contributed by atoms with Gasteiger partial charge in [-0.1, -0.05) is 12.8 Å². The van der Waals surface area contributed by atoms with Crippen LogP contribution in [0.4, 0.5) is 5.82 Å². The van der Waals surface area contributed by atoms with Crippen LogP contribution in [0.3, 0.4) is 0 Å². The second-order valence-corrected chi connectivity index (χ2v) is 5.44. The van der Waals surface area contributed by atoms with Crippen LogP contribution >= 0.6 is 0 Å². The van der Waals surface area contributed by atoms with E-state index < -0.39 is 0 Å².